The third-order valence-corrected chi connectivity index (χ3v) is 4.44. The van der Waals surface area contributed by atoms with E-state index in [1.54, 1.807) is 6.92 Å². The molecule has 0 saturated carbocycles. The van der Waals surface area contributed by atoms with E-state index in [1.807, 2.05) is 43.3 Å². The van der Waals surface area contributed by atoms with Gasteiger partial charge in [-0.15, -0.1) is 0 Å². The second-order valence-corrected chi connectivity index (χ2v) is 6.98. The summed E-state index contributed by atoms with van der Waals surface area (Å²) < 4.78 is 11.4. The minimum absolute atomic E-state index is 0.168. The van der Waals surface area contributed by atoms with Crippen molar-refractivity contribution in [2.45, 2.75) is 32.2 Å². The third-order valence-electron chi connectivity index (χ3n) is 3.94. The standard InChI is InChI=1S/C19H22BrNO4/c1-4-9-19(2,18(23)24-3)21-17(22)12-25-16-8-6-13-10-15(20)7-5-14(13)11-16/h5-8,10-11H,4,9,12H2,1-3H3,(H,21,22). The Bertz CT molecular complexity index is 777. The number of esters is 1. The average molecular weight is 408 g/mol. The lowest BCUT2D eigenvalue weighted by Gasteiger charge is -2.27. The average Bonchev–Trinajstić information content (AvgIpc) is 2.59. The number of ether oxygens (including phenoxy) is 2. The molecular formula is C19H22BrNO4. The number of nitrogens with one attached hydrogen (secondary N) is 1. The first-order valence-corrected chi connectivity index (χ1v) is 8.89. The minimum atomic E-state index is -1.04. The van der Waals surface area contributed by atoms with Crippen molar-refractivity contribution in [2.24, 2.45) is 0 Å². The lowest BCUT2D eigenvalue weighted by atomic mass is 9.96. The summed E-state index contributed by atoms with van der Waals surface area (Å²) in [4.78, 5) is 24.1. The predicted octanol–water partition coefficient (Wildman–Crippen LogP) is 3.83. The van der Waals surface area contributed by atoms with Gasteiger partial charge in [-0.25, -0.2) is 4.79 Å². The van der Waals surface area contributed by atoms with Crippen LogP contribution in [0.3, 0.4) is 0 Å². The molecule has 5 nitrogen and oxygen atoms in total. The molecule has 0 aromatic heterocycles. The molecule has 1 unspecified atom stereocenters. The van der Waals surface area contributed by atoms with E-state index in [-0.39, 0.29) is 12.5 Å². The van der Waals surface area contributed by atoms with Crippen LogP contribution >= 0.6 is 15.9 Å². The number of fused-ring (bicyclic) bond motifs is 1. The highest BCUT2D eigenvalue weighted by Gasteiger charge is 2.35. The molecule has 0 aliphatic heterocycles. The van der Waals surface area contributed by atoms with Crippen molar-refractivity contribution in [2.75, 3.05) is 13.7 Å². The van der Waals surface area contributed by atoms with Crippen LogP contribution in [0.5, 0.6) is 5.75 Å². The van der Waals surface area contributed by atoms with Gasteiger partial charge in [-0.3, -0.25) is 4.79 Å². The van der Waals surface area contributed by atoms with Crippen molar-refractivity contribution < 1.29 is 19.1 Å². The summed E-state index contributed by atoms with van der Waals surface area (Å²) in [7, 11) is 1.31. The highest BCUT2D eigenvalue weighted by Crippen LogP contribution is 2.24. The van der Waals surface area contributed by atoms with Gasteiger partial charge < -0.3 is 14.8 Å². The zero-order chi connectivity index (χ0) is 18.4. The Kier molecular flexibility index (Phi) is 6.42. The summed E-state index contributed by atoms with van der Waals surface area (Å²) >= 11 is 3.44. The van der Waals surface area contributed by atoms with Crippen molar-refractivity contribution in [3.8, 4) is 5.75 Å². The fraction of sp³-hybridized carbons (Fsp3) is 0.368. The molecular weight excluding hydrogens is 386 g/mol. The predicted molar refractivity (Wildman–Crippen MR) is 101 cm³/mol. The summed E-state index contributed by atoms with van der Waals surface area (Å²) in [6, 6.07) is 11.6. The van der Waals surface area contributed by atoms with E-state index in [0.717, 1.165) is 21.7 Å². The van der Waals surface area contributed by atoms with E-state index in [4.69, 9.17) is 9.47 Å². The molecule has 0 heterocycles. The minimum Gasteiger partial charge on any atom is -0.484 e. The van der Waals surface area contributed by atoms with Crippen molar-refractivity contribution in [1.29, 1.82) is 0 Å². The number of carbonyl (C=O) groups excluding carboxylic acids is 2. The normalized spacial score (nSPS) is 13.1. The third kappa shape index (κ3) is 4.95. The zero-order valence-electron chi connectivity index (χ0n) is 14.6. The van der Waals surface area contributed by atoms with Crippen molar-refractivity contribution in [3.05, 3.63) is 40.9 Å². The molecule has 0 spiro atoms. The molecule has 0 aliphatic carbocycles. The fourth-order valence-electron chi connectivity index (χ4n) is 2.72. The molecule has 2 aromatic rings. The van der Waals surface area contributed by atoms with Crippen LogP contribution < -0.4 is 10.1 Å². The summed E-state index contributed by atoms with van der Waals surface area (Å²) in [5, 5.41) is 4.81. The molecule has 0 fully saturated rings. The smallest absolute Gasteiger partial charge is 0.331 e. The van der Waals surface area contributed by atoms with Gasteiger partial charge in [-0.1, -0.05) is 41.4 Å². The van der Waals surface area contributed by atoms with Gasteiger partial charge in [0.25, 0.3) is 5.91 Å². The molecule has 0 radical (unpaired) electrons. The van der Waals surface area contributed by atoms with Crippen LogP contribution in [0.15, 0.2) is 40.9 Å². The second kappa shape index (κ2) is 8.34. The number of carbonyl (C=O) groups is 2. The molecule has 1 N–H and O–H groups in total. The Morgan fingerprint density at radius 1 is 1.16 bits per heavy atom. The number of methoxy groups -OCH3 is 1. The molecule has 2 rings (SSSR count). The van der Waals surface area contributed by atoms with Gasteiger partial charge in [0, 0.05) is 4.47 Å². The molecule has 25 heavy (non-hydrogen) atoms. The van der Waals surface area contributed by atoms with Crippen LogP contribution in [0.2, 0.25) is 0 Å². The molecule has 1 atom stereocenters. The Balaban J connectivity index is 2.01. The van der Waals surface area contributed by atoms with Gasteiger partial charge in [0.1, 0.15) is 11.3 Å². The highest BCUT2D eigenvalue weighted by atomic mass is 79.9. The van der Waals surface area contributed by atoms with Crippen LogP contribution in [-0.4, -0.2) is 31.1 Å². The molecule has 6 heteroatoms. The molecule has 2 aromatic carbocycles. The lowest BCUT2D eigenvalue weighted by Crippen LogP contribution is -2.53. The van der Waals surface area contributed by atoms with Gasteiger partial charge in [0.2, 0.25) is 0 Å². The second-order valence-electron chi connectivity index (χ2n) is 6.06. The first-order valence-electron chi connectivity index (χ1n) is 8.09. The van der Waals surface area contributed by atoms with Crippen LogP contribution in [0.4, 0.5) is 0 Å². The monoisotopic (exact) mass is 407 g/mol. The molecule has 0 saturated heterocycles. The van der Waals surface area contributed by atoms with Crippen LogP contribution in [0.25, 0.3) is 10.8 Å². The van der Waals surface area contributed by atoms with Gasteiger partial charge in [-0.2, -0.15) is 0 Å². The van der Waals surface area contributed by atoms with E-state index < -0.39 is 11.5 Å². The Morgan fingerprint density at radius 2 is 1.84 bits per heavy atom. The molecule has 1 amide bonds. The quantitative estimate of drug-likeness (QED) is 0.708. The maximum Gasteiger partial charge on any atom is 0.331 e. The summed E-state index contributed by atoms with van der Waals surface area (Å²) in [5.41, 5.74) is -1.04. The van der Waals surface area contributed by atoms with Crippen LogP contribution in [-0.2, 0) is 14.3 Å². The van der Waals surface area contributed by atoms with Crippen molar-refractivity contribution in [1.82, 2.24) is 5.32 Å². The fourth-order valence-corrected chi connectivity index (χ4v) is 3.10. The van der Waals surface area contributed by atoms with E-state index >= 15 is 0 Å². The highest BCUT2D eigenvalue weighted by molar-refractivity contribution is 9.10. The zero-order valence-corrected chi connectivity index (χ0v) is 16.2. The van der Waals surface area contributed by atoms with E-state index in [1.165, 1.54) is 7.11 Å². The maximum atomic E-state index is 12.2. The summed E-state index contributed by atoms with van der Waals surface area (Å²) in [6.45, 7) is 3.43. The largest absolute Gasteiger partial charge is 0.484 e. The number of amides is 1. The maximum absolute atomic E-state index is 12.2. The van der Waals surface area contributed by atoms with Gasteiger partial charge in [-0.05, 0) is 48.4 Å². The molecule has 0 aliphatic rings. The van der Waals surface area contributed by atoms with Gasteiger partial charge in [0.05, 0.1) is 7.11 Å². The first-order chi connectivity index (χ1) is 11.9. The number of halogens is 1. The van der Waals surface area contributed by atoms with Crippen molar-refractivity contribution in [3.63, 3.8) is 0 Å². The lowest BCUT2D eigenvalue weighted by molar-refractivity contribution is -0.150. The number of hydrogen-bond acceptors (Lipinski definition) is 4. The number of rotatable bonds is 7. The SMILES string of the molecule is CCCC(C)(NC(=O)COc1ccc2cc(Br)ccc2c1)C(=O)OC. The number of benzene rings is 2. The Hall–Kier alpha value is -2.08. The Labute approximate surface area is 155 Å². The van der Waals surface area contributed by atoms with Crippen LogP contribution in [0, 0.1) is 0 Å². The summed E-state index contributed by atoms with van der Waals surface area (Å²) in [5.74, 6) is -0.225. The number of hydrogen-bond donors (Lipinski definition) is 1. The van der Waals surface area contributed by atoms with Crippen molar-refractivity contribution >= 4 is 38.6 Å². The summed E-state index contributed by atoms with van der Waals surface area (Å²) in [6.07, 6.45) is 1.24. The van der Waals surface area contributed by atoms with E-state index in [0.29, 0.717) is 12.2 Å². The van der Waals surface area contributed by atoms with Gasteiger partial charge >= 0.3 is 5.97 Å². The van der Waals surface area contributed by atoms with E-state index in [2.05, 4.69) is 21.2 Å². The topological polar surface area (TPSA) is 64.6 Å². The molecule has 134 valence electrons. The van der Waals surface area contributed by atoms with E-state index in [9.17, 15) is 9.59 Å². The van der Waals surface area contributed by atoms with Gasteiger partial charge in [0.15, 0.2) is 6.61 Å². The van der Waals surface area contributed by atoms with Crippen LogP contribution in [0.1, 0.15) is 26.7 Å². The Morgan fingerprint density at radius 3 is 2.52 bits per heavy atom. The first kappa shape index (κ1) is 19.2. The molecule has 0 bridgehead atoms.